The number of nitrogens with zero attached hydrogens (tertiary/aromatic N) is 1. The number of benzene rings is 1. The van der Waals surface area contributed by atoms with Gasteiger partial charge in [-0.05, 0) is 50.0 Å². The molecule has 1 amide bonds. The number of carbonyl (C=O) groups is 1. The van der Waals surface area contributed by atoms with Crippen LogP contribution in [0.15, 0.2) is 18.2 Å². The summed E-state index contributed by atoms with van der Waals surface area (Å²) < 4.78 is 5.13. The molecule has 2 rings (SSSR count). The summed E-state index contributed by atoms with van der Waals surface area (Å²) in [6.45, 7) is 6.08. The van der Waals surface area contributed by atoms with Crippen molar-refractivity contribution in [3.05, 3.63) is 23.8 Å². The van der Waals surface area contributed by atoms with Crippen LogP contribution in [-0.2, 0) is 0 Å². The highest BCUT2D eigenvalue weighted by Gasteiger charge is 2.16. The topological polar surface area (TPSA) is 67.6 Å². The molecule has 0 radical (unpaired) electrons. The molecule has 21 heavy (non-hydrogen) atoms. The molecule has 1 heterocycles. The van der Waals surface area contributed by atoms with Crippen LogP contribution in [0.5, 0.6) is 5.75 Å². The molecule has 1 aromatic rings. The van der Waals surface area contributed by atoms with Gasteiger partial charge in [0.15, 0.2) is 0 Å². The fourth-order valence-corrected chi connectivity index (χ4v) is 2.57. The van der Waals surface area contributed by atoms with Gasteiger partial charge in [-0.1, -0.05) is 6.92 Å². The lowest BCUT2D eigenvalue weighted by Crippen LogP contribution is -2.39. The van der Waals surface area contributed by atoms with Gasteiger partial charge in [0.1, 0.15) is 5.75 Å². The van der Waals surface area contributed by atoms with Crippen LogP contribution in [0.3, 0.4) is 0 Å². The monoisotopic (exact) mass is 291 g/mol. The molecule has 5 nitrogen and oxygen atoms in total. The predicted octanol–water partition coefficient (Wildman–Crippen LogP) is 1.74. The molecule has 5 heteroatoms. The summed E-state index contributed by atoms with van der Waals surface area (Å²) in [6, 6.07) is 5.12. The van der Waals surface area contributed by atoms with Crippen molar-refractivity contribution in [2.24, 2.45) is 5.92 Å². The summed E-state index contributed by atoms with van der Waals surface area (Å²) in [4.78, 5) is 14.6. The Morgan fingerprint density at radius 3 is 2.81 bits per heavy atom. The molecular weight excluding hydrogens is 266 g/mol. The average Bonchev–Trinajstić information content (AvgIpc) is 2.49. The first kappa shape index (κ1) is 15.6. The Balaban J connectivity index is 1.82. The molecule has 0 spiro atoms. The van der Waals surface area contributed by atoms with Crippen molar-refractivity contribution in [3.63, 3.8) is 0 Å². The minimum atomic E-state index is -0.142. The molecule has 0 saturated carbocycles. The van der Waals surface area contributed by atoms with Gasteiger partial charge in [0.25, 0.3) is 5.91 Å². The van der Waals surface area contributed by atoms with Gasteiger partial charge in [0.2, 0.25) is 0 Å². The highest BCUT2D eigenvalue weighted by Crippen LogP contribution is 2.19. The minimum Gasteiger partial charge on any atom is -0.497 e. The molecule has 0 aromatic heterocycles. The maximum Gasteiger partial charge on any atom is 0.253 e. The van der Waals surface area contributed by atoms with Gasteiger partial charge in [-0.15, -0.1) is 0 Å². The lowest BCUT2D eigenvalue weighted by Gasteiger charge is -2.30. The zero-order valence-electron chi connectivity index (χ0n) is 12.9. The number of likely N-dealkylation sites (tertiary alicyclic amines) is 1. The van der Waals surface area contributed by atoms with Crippen LogP contribution in [0.25, 0.3) is 0 Å². The summed E-state index contributed by atoms with van der Waals surface area (Å²) in [5.41, 5.74) is 6.79. The number of carbonyl (C=O) groups excluding carboxylic acids is 1. The number of hydrogen-bond acceptors (Lipinski definition) is 4. The first-order valence-electron chi connectivity index (χ1n) is 7.54. The zero-order chi connectivity index (χ0) is 15.2. The maximum atomic E-state index is 12.2. The first-order chi connectivity index (χ1) is 10.1. The van der Waals surface area contributed by atoms with Gasteiger partial charge >= 0.3 is 0 Å². The van der Waals surface area contributed by atoms with Crippen molar-refractivity contribution in [2.75, 3.05) is 39.0 Å². The average molecular weight is 291 g/mol. The van der Waals surface area contributed by atoms with Crippen LogP contribution in [0.2, 0.25) is 0 Å². The van der Waals surface area contributed by atoms with Crippen LogP contribution in [0.4, 0.5) is 5.69 Å². The van der Waals surface area contributed by atoms with Gasteiger partial charge in [0, 0.05) is 18.8 Å². The van der Waals surface area contributed by atoms with Gasteiger partial charge in [-0.25, -0.2) is 0 Å². The number of rotatable bonds is 5. The molecule has 0 atom stereocenters. The van der Waals surface area contributed by atoms with E-state index >= 15 is 0 Å². The van der Waals surface area contributed by atoms with Crippen molar-refractivity contribution < 1.29 is 9.53 Å². The second-order valence-corrected chi connectivity index (χ2v) is 5.73. The van der Waals surface area contributed by atoms with E-state index in [2.05, 4.69) is 17.1 Å². The van der Waals surface area contributed by atoms with Gasteiger partial charge in [-0.2, -0.15) is 0 Å². The van der Waals surface area contributed by atoms with Gasteiger partial charge in [-0.3, -0.25) is 4.79 Å². The molecule has 1 saturated heterocycles. The van der Waals surface area contributed by atoms with E-state index in [1.165, 1.54) is 12.8 Å². The number of anilines is 1. The van der Waals surface area contributed by atoms with Crippen molar-refractivity contribution in [1.29, 1.82) is 0 Å². The second kappa shape index (κ2) is 7.31. The van der Waals surface area contributed by atoms with E-state index in [-0.39, 0.29) is 5.91 Å². The summed E-state index contributed by atoms with van der Waals surface area (Å²) in [6.07, 6.45) is 2.49. The normalized spacial score (nSPS) is 16.7. The van der Waals surface area contributed by atoms with Crippen molar-refractivity contribution in [3.8, 4) is 5.75 Å². The van der Waals surface area contributed by atoms with E-state index < -0.39 is 0 Å². The van der Waals surface area contributed by atoms with Crippen LogP contribution in [0, 0.1) is 5.92 Å². The maximum absolute atomic E-state index is 12.2. The molecule has 116 valence electrons. The van der Waals surface area contributed by atoms with Gasteiger partial charge < -0.3 is 20.7 Å². The Bertz CT molecular complexity index is 482. The number of nitrogens with two attached hydrogens (primary N) is 1. The van der Waals surface area contributed by atoms with Crippen LogP contribution in [0.1, 0.15) is 30.1 Å². The number of piperidine rings is 1. The van der Waals surface area contributed by atoms with Crippen LogP contribution < -0.4 is 15.8 Å². The van der Waals surface area contributed by atoms with Crippen LogP contribution >= 0.6 is 0 Å². The number of methoxy groups -OCH3 is 1. The van der Waals surface area contributed by atoms with E-state index in [4.69, 9.17) is 10.5 Å². The third kappa shape index (κ3) is 4.36. The second-order valence-electron chi connectivity index (χ2n) is 5.73. The molecule has 1 aliphatic heterocycles. The van der Waals surface area contributed by atoms with E-state index in [1.54, 1.807) is 25.3 Å². The Labute approximate surface area is 126 Å². The molecular formula is C16H25N3O2. The summed E-state index contributed by atoms with van der Waals surface area (Å²) in [5, 5.41) is 2.93. The number of ether oxygens (including phenoxy) is 1. The number of amides is 1. The highest BCUT2D eigenvalue weighted by atomic mass is 16.5. The standard InChI is InChI=1S/C16H25N3O2/c1-12-5-8-19(9-6-12)10-7-18-16(20)14-11-13(21-2)3-4-15(14)17/h3-4,11-12H,5-10,17H2,1-2H3,(H,18,20). The summed E-state index contributed by atoms with van der Waals surface area (Å²) >= 11 is 0. The van der Waals surface area contributed by atoms with Crippen molar-refractivity contribution in [1.82, 2.24) is 10.2 Å². The molecule has 0 unspecified atom stereocenters. The van der Waals surface area contributed by atoms with Gasteiger partial charge in [0.05, 0.1) is 12.7 Å². The molecule has 1 fully saturated rings. The summed E-state index contributed by atoms with van der Waals surface area (Å²) in [5.74, 6) is 1.32. The van der Waals surface area contributed by atoms with Crippen LogP contribution in [-0.4, -0.2) is 44.1 Å². The fourth-order valence-electron chi connectivity index (χ4n) is 2.57. The zero-order valence-corrected chi connectivity index (χ0v) is 12.9. The van der Waals surface area contributed by atoms with E-state index in [0.717, 1.165) is 25.6 Å². The molecule has 1 aliphatic rings. The Morgan fingerprint density at radius 2 is 2.14 bits per heavy atom. The minimum absolute atomic E-state index is 0.142. The highest BCUT2D eigenvalue weighted by molar-refractivity contribution is 5.99. The summed E-state index contributed by atoms with van der Waals surface area (Å²) in [7, 11) is 1.57. The molecule has 1 aromatic carbocycles. The number of nitrogen functional groups attached to an aromatic ring is 1. The van der Waals surface area contributed by atoms with E-state index in [0.29, 0.717) is 23.5 Å². The Morgan fingerprint density at radius 1 is 1.43 bits per heavy atom. The van der Waals surface area contributed by atoms with Crippen molar-refractivity contribution in [2.45, 2.75) is 19.8 Å². The quantitative estimate of drug-likeness (QED) is 0.811. The first-order valence-corrected chi connectivity index (χ1v) is 7.54. The number of hydrogen-bond donors (Lipinski definition) is 2. The lowest BCUT2D eigenvalue weighted by molar-refractivity contribution is 0.0945. The Kier molecular flexibility index (Phi) is 5.44. The SMILES string of the molecule is COc1ccc(N)c(C(=O)NCCN2CCC(C)CC2)c1. The molecule has 0 bridgehead atoms. The van der Waals surface area contributed by atoms with E-state index in [1.807, 2.05) is 0 Å². The predicted molar refractivity (Wildman–Crippen MR) is 84.6 cm³/mol. The van der Waals surface area contributed by atoms with E-state index in [9.17, 15) is 4.79 Å². The fraction of sp³-hybridized carbons (Fsp3) is 0.562. The smallest absolute Gasteiger partial charge is 0.253 e. The molecule has 0 aliphatic carbocycles. The Hall–Kier alpha value is -1.75. The third-order valence-corrected chi connectivity index (χ3v) is 4.09. The largest absolute Gasteiger partial charge is 0.497 e. The third-order valence-electron chi connectivity index (χ3n) is 4.09. The molecule has 3 N–H and O–H groups in total. The van der Waals surface area contributed by atoms with Crippen molar-refractivity contribution >= 4 is 11.6 Å². The lowest BCUT2D eigenvalue weighted by atomic mass is 9.99. The number of nitrogens with one attached hydrogen (secondary N) is 1.